The molecule has 0 spiro atoms. The first-order valence-corrected chi connectivity index (χ1v) is 8.85. The van der Waals surface area contributed by atoms with Crippen LogP contribution in [0, 0.1) is 10.1 Å². The summed E-state index contributed by atoms with van der Waals surface area (Å²) in [5, 5.41) is 11.4. The number of fused-ring (bicyclic) bond motifs is 1. The normalized spacial score (nSPS) is 10.5. The number of rotatable bonds is 7. The molecular formula is C19H15NO7S. The maximum atomic E-state index is 12.4. The van der Waals surface area contributed by atoms with Crippen LogP contribution in [0.25, 0.3) is 10.1 Å². The Balaban J connectivity index is 1.72. The van der Waals surface area contributed by atoms with E-state index in [0.717, 1.165) is 11.3 Å². The molecule has 0 saturated carbocycles. The van der Waals surface area contributed by atoms with Gasteiger partial charge in [-0.3, -0.25) is 14.9 Å². The van der Waals surface area contributed by atoms with Crippen molar-refractivity contribution >= 4 is 38.9 Å². The number of carbonyl (C=O) groups excluding carboxylic acids is 2. The third-order valence-corrected chi connectivity index (χ3v) is 5.05. The summed E-state index contributed by atoms with van der Waals surface area (Å²) in [6.07, 6.45) is 0. The van der Waals surface area contributed by atoms with Crippen molar-refractivity contribution in [3.05, 3.63) is 63.0 Å². The molecule has 28 heavy (non-hydrogen) atoms. The number of ketones is 1. The summed E-state index contributed by atoms with van der Waals surface area (Å²) in [7, 11) is 2.92. The molecule has 0 aliphatic heterocycles. The van der Waals surface area contributed by atoms with Gasteiger partial charge in [-0.15, -0.1) is 11.3 Å². The van der Waals surface area contributed by atoms with Crippen LogP contribution in [0.1, 0.15) is 20.0 Å². The van der Waals surface area contributed by atoms with Crippen LogP contribution in [0.15, 0.2) is 42.5 Å². The summed E-state index contributed by atoms with van der Waals surface area (Å²) in [6.45, 7) is -0.462. The summed E-state index contributed by atoms with van der Waals surface area (Å²) in [5.41, 5.74) is 0.204. The fraction of sp³-hybridized carbons (Fsp3) is 0.158. The van der Waals surface area contributed by atoms with E-state index in [1.807, 2.05) is 0 Å². The second kappa shape index (κ2) is 8.05. The molecule has 0 N–H and O–H groups in total. The summed E-state index contributed by atoms with van der Waals surface area (Å²) in [4.78, 5) is 35.3. The number of ether oxygens (including phenoxy) is 3. The monoisotopic (exact) mass is 401 g/mol. The molecule has 3 rings (SSSR count). The van der Waals surface area contributed by atoms with Gasteiger partial charge in [-0.1, -0.05) is 0 Å². The molecular weight excluding hydrogens is 386 g/mol. The molecule has 0 unspecified atom stereocenters. The molecule has 0 radical (unpaired) electrons. The summed E-state index contributed by atoms with van der Waals surface area (Å²) < 4.78 is 16.1. The number of benzene rings is 2. The number of methoxy groups -OCH3 is 2. The van der Waals surface area contributed by atoms with Crippen LogP contribution in [-0.2, 0) is 4.74 Å². The van der Waals surface area contributed by atoms with E-state index in [2.05, 4.69) is 0 Å². The Morgan fingerprint density at radius 2 is 1.86 bits per heavy atom. The highest BCUT2D eigenvalue weighted by molar-refractivity contribution is 7.20. The Kier molecular flexibility index (Phi) is 5.55. The number of Topliss-reactive ketones (excluding diaryl/α,β-unsaturated/α-hetero) is 1. The predicted octanol–water partition coefficient (Wildman–Crippen LogP) is 3.87. The van der Waals surface area contributed by atoms with Crippen LogP contribution < -0.4 is 9.47 Å². The van der Waals surface area contributed by atoms with Gasteiger partial charge in [-0.2, -0.15) is 0 Å². The summed E-state index contributed by atoms with van der Waals surface area (Å²) >= 11 is 1.14. The molecule has 9 heteroatoms. The highest BCUT2D eigenvalue weighted by atomic mass is 32.1. The molecule has 1 aromatic heterocycles. The van der Waals surface area contributed by atoms with Crippen molar-refractivity contribution in [3.8, 4) is 11.5 Å². The maximum absolute atomic E-state index is 12.4. The minimum absolute atomic E-state index is 0.0630. The number of hydrogen-bond donors (Lipinski definition) is 0. The van der Waals surface area contributed by atoms with Crippen molar-refractivity contribution in [2.45, 2.75) is 0 Å². The quantitative estimate of drug-likeness (QED) is 0.256. The van der Waals surface area contributed by atoms with Gasteiger partial charge < -0.3 is 14.2 Å². The summed E-state index contributed by atoms with van der Waals surface area (Å²) in [5.74, 6) is -0.256. The number of nitro groups is 1. The number of nitro benzene ring substituents is 1. The first kappa shape index (κ1) is 19.3. The second-order valence-electron chi connectivity index (χ2n) is 5.66. The van der Waals surface area contributed by atoms with Gasteiger partial charge in [0.25, 0.3) is 5.69 Å². The Hall–Kier alpha value is -3.46. The number of nitrogens with zero attached hydrogens (tertiary/aromatic N) is 1. The highest BCUT2D eigenvalue weighted by Crippen LogP contribution is 2.30. The largest absolute Gasteiger partial charge is 0.497 e. The molecule has 144 valence electrons. The highest BCUT2D eigenvalue weighted by Gasteiger charge is 2.18. The lowest BCUT2D eigenvalue weighted by molar-refractivity contribution is -0.384. The van der Waals surface area contributed by atoms with E-state index in [1.54, 1.807) is 18.2 Å². The van der Waals surface area contributed by atoms with Crippen LogP contribution in [0.3, 0.4) is 0 Å². The molecule has 0 atom stereocenters. The number of thiophene rings is 1. The van der Waals surface area contributed by atoms with Gasteiger partial charge in [-0.05, 0) is 24.3 Å². The molecule has 0 aliphatic rings. The lowest BCUT2D eigenvalue weighted by atomic mass is 10.1. The van der Waals surface area contributed by atoms with E-state index in [4.69, 9.17) is 14.2 Å². The van der Waals surface area contributed by atoms with Gasteiger partial charge in [-0.25, -0.2) is 4.79 Å². The van der Waals surface area contributed by atoms with Gasteiger partial charge in [0, 0.05) is 28.3 Å². The standard InChI is InChI=1S/C19H15NO7S/c1-25-13-4-5-14(16(9-13)26-2)15(21)10-27-19(22)18-8-11-7-12(20(23)24)3-6-17(11)28-18/h3-9H,10H2,1-2H3. The summed E-state index contributed by atoms with van der Waals surface area (Å²) in [6, 6.07) is 10.5. The average molecular weight is 401 g/mol. The van der Waals surface area contributed by atoms with Gasteiger partial charge >= 0.3 is 5.97 Å². The van der Waals surface area contributed by atoms with E-state index in [0.29, 0.717) is 21.6 Å². The van der Waals surface area contributed by atoms with Crippen molar-refractivity contribution in [3.63, 3.8) is 0 Å². The number of hydrogen-bond acceptors (Lipinski definition) is 8. The van der Waals surface area contributed by atoms with Gasteiger partial charge in [0.1, 0.15) is 16.4 Å². The molecule has 0 saturated heterocycles. The Morgan fingerprint density at radius 3 is 2.54 bits per heavy atom. The molecule has 0 amide bonds. The van der Waals surface area contributed by atoms with E-state index < -0.39 is 23.3 Å². The maximum Gasteiger partial charge on any atom is 0.348 e. The lowest BCUT2D eigenvalue weighted by Crippen LogP contribution is -2.14. The van der Waals surface area contributed by atoms with Gasteiger partial charge in [0.05, 0.1) is 24.7 Å². The topological polar surface area (TPSA) is 105 Å². The van der Waals surface area contributed by atoms with Crippen LogP contribution in [0.5, 0.6) is 11.5 Å². The van der Waals surface area contributed by atoms with Crippen LogP contribution in [-0.4, -0.2) is 37.5 Å². The molecule has 2 aromatic carbocycles. The van der Waals surface area contributed by atoms with Gasteiger partial charge in [0.2, 0.25) is 5.78 Å². The number of carbonyl (C=O) groups is 2. The zero-order chi connectivity index (χ0) is 20.3. The molecule has 8 nitrogen and oxygen atoms in total. The van der Waals surface area contributed by atoms with E-state index in [1.165, 1.54) is 38.5 Å². The molecule has 0 aliphatic carbocycles. The SMILES string of the molecule is COc1ccc(C(=O)COC(=O)c2cc3cc([N+](=O)[O-])ccc3s2)c(OC)c1. The molecule has 3 aromatic rings. The zero-order valence-electron chi connectivity index (χ0n) is 15.0. The predicted molar refractivity (Wildman–Crippen MR) is 103 cm³/mol. The van der Waals surface area contributed by atoms with E-state index >= 15 is 0 Å². The first-order valence-electron chi connectivity index (χ1n) is 8.03. The number of non-ortho nitro benzene ring substituents is 1. The third kappa shape index (κ3) is 3.94. The number of esters is 1. The fourth-order valence-electron chi connectivity index (χ4n) is 2.55. The smallest absolute Gasteiger partial charge is 0.348 e. The van der Waals surface area contributed by atoms with Crippen molar-refractivity contribution in [1.29, 1.82) is 0 Å². The van der Waals surface area contributed by atoms with Crippen LogP contribution in [0.2, 0.25) is 0 Å². The molecule has 1 heterocycles. The van der Waals surface area contributed by atoms with Gasteiger partial charge in [0.15, 0.2) is 6.61 Å². The molecule has 0 bridgehead atoms. The minimum Gasteiger partial charge on any atom is -0.497 e. The Morgan fingerprint density at radius 1 is 1.07 bits per heavy atom. The first-order chi connectivity index (χ1) is 13.4. The Labute approximate surface area is 163 Å². The van der Waals surface area contributed by atoms with Crippen molar-refractivity contribution < 1.29 is 28.7 Å². The zero-order valence-corrected chi connectivity index (χ0v) is 15.8. The van der Waals surface area contributed by atoms with Crippen LogP contribution >= 0.6 is 11.3 Å². The lowest BCUT2D eigenvalue weighted by Gasteiger charge is -2.09. The minimum atomic E-state index is -0.676. The van der Waals surface area contributed by atoms with Crippen molar-refractivity contribution in [2.75, 3.05) is 20.8 Å². The fourth-order valence-corrected chi connectivity index (χ4v) is 3.49. The molecule has 0 fully saturated rings. The second-order valence-corrected chi connectivity index (χ2v) is 6.74. The van der Waals surface area contributed by atoms with Crippen molar-refractivity contribution in [2.24, 2.45) is 0 Å². The average Bonchev–Trinajstić information content (AvgIpc) is 3.14. The van der Waals surface area contributed by atoms with E-state index in [-0.39, 0.29) is 16.1 Å². The Bertz CT molecular complexity index is 1070. The van der Waals surface area contributed by atoms with E-state index in [9.17, 15) is 19.7 Å². The third-order valence-electron chi connectivity index (χ3n) is 3.96. The van der Waals surface area contributed by atoms with Crippen molar-refractivity contribution in [1.82, 2.24) is 0 Å². The van der Waals surface area contributed by atoms with Crippen LogP contribution in [0.4, 0.5) is 5.69 Å².